The first-order valence-electron chi connectivity index (χ1n) is 7.62. The molecule has 1 amide bonds. The molecular weight excluding hydrogens is 322 g/mol. The summed E-state index contributed by atoms with van der Waals surface area (Å²) in [6, 6.07) is 2.86. The molecule has 0 aliphatic rings. The molecule has 0 radical (unpaired) electrons. The minimum absolute atomic E-state index is 0.180. The van der Waals surface area contributed by atoms with Crippen LogP contribution >= 0.6 is 0 Å². The number of nitrogens with zero attached hydrogens (tertiary/aromatic N) is 6. The van der Waals surface area contributed by atoms with Crippen molar-refractivity contribution in [3.63, 3.8) is 0 Å². The van der Waals surface area contributed by atoms with Crippen molar-refractivity contribution in [3.8, 4) is 5.95 Å². The van der Waals surface area contributed by atoms with Crippen molar-refractivity contribution in [1.29, 1.82) is 0 Å². The predicted molar refractivity (Wildman–Crippen MR) is 90.5 cm³/mol. The van der Waals surface area contributed by atoms with E-state index in [0.29, 0.717) is 11.6 Å². The van der Waals surface area contributed by atoms with Crippen LogP contribution in [-0.2, 0) is 11.3 Å². The van der Waals surface area contributed by atoms with Gasteiger partial charge in [0.25, 0.3) is 5.56 Å². The van der Waals surface area contributed by atoms with Crippen molar-refractivity contribution in [2.75, 3.05) is 5.32 Å². The van der Waals surface area contributed by atoms with Gasteiger partial charge in [0, 0.05) is 18.0 Å². The Balaban J connectivity index is 1.74. The Morgan fingerprint density at radius 3 is 2.52 bits per heavy atom. The zero-order chi connectivity index (χ0) is 18.0. The van der Waals surface area contributed by atoms with Crippen molar-refractivity contribution in [1.82, 2.24) is 29.3 Å². The molecule has 0 spiro atoms. The third kappa shape index (κ3) is 3.44. The molecule has 3 aromatic rings. The summed E-state index contributed by atoms with van der Waals surface area (Å²) in [5.41, 5.74) is 1.97. The van der Waals surface area contributed by atoms with Crippen LogP contribution in [0.1, 0.15) is 17.2 Å². The largest absolute Gasteiger partial charge is 0.322 e. The number of carbonyl (C=O) groups is 1. The summed E-state index contributed by atoms with van der Waals surface area (Å²) in [6.07, 6.45) is 4.47. The molecule has 0 saturated heterocycles. The van der Waals surface area contributed by atoms with E-state index in [0.717, 1.165) is 21.9 Å². The van der Waals surface area contributed by atoms with E-state index in [4.69, 9.17) is 0 Å². The van der Waals surface area contributed by atoms with Crippen molar-refractivity contribution < 1.29 is 4.79 Å². The molecule has 0 aromatic carbocycles. The molecule has 128 valence electrons. The van der Waals surface area contributed by atoms with Crippen LogP contribution in [0.15, 0.2) is 35.5 Å². The van der Waals surface area contributed by atoms with Crippen molar-refractivity contribution in [2.45, 2.75) is 27.3 Å². The van der Waals surface area contributed by atoms with E-state index in [9.17, 15) is 9.59 Å². The van der Waals surface area contributed by atoms with Gasteiger partial charge in [-0.15, -0.1) is 0 Å². The Morgan fingerprint density at radius 1 is 1.20 bits per heavy atom. The summed E-state index contributed by atoms with van der Waals surface area (Å²) in [7, 11) is 0. The number of aryl methyl sites for hydroxylation is 2. The Morgan fingerprint density at radius 2 is 1.92 bits per heavy atom. The van der Waals surface area contributed by atoms with Gasteiger partial charge in [-0.1, -0.05) is 0 Å². The fourth-order valence-electron chi connectivity index (χ4n) is 2.42. The number of carbonyl (C=O) groups excluding carboxylic acids is 1. The standard InChI is InChI=1S/C16H17N7O2/c1-10-11(2)23(12(3)20-10)16-17-7-13(8-18-16)21-14(24)9-22-15(25)5-4-6-19-22/h4-8H,9H2,1-3H3,(H,21,24). The molecule has 3 rings (SSSR count). The van der Waals surface area contributed by atoms with Crippen LogP contribution in [0.3, 0.4) is 0 Å². The molecule has 3 heterocycles. The van der Waals surface area contributed by atoms with Crippen molar-refractivity contribution in [2.24, 2.45) is 0 Å². The highest BCUT2D eigenvalue weighted by molar-refractivity contribution is 5.90. The van der Waals surface area contributed by atoms with E-state index in [1.807, 2.05) is 25.3 Å². The van der Waals surface area contributed by atoms with Gasteiger partial charge in [-0.2, -0.15) is 5.10 Å². The summed E-state index contributed by atoms with van der Waals surface area (Å²) in [5.74, 6) is 0.888. The number of hydrogen-bond acceptors (Lipinski definition) is 6. The van der Waals surface area contributed by atoms with E-state index >= 15 is 0 Å². The van der Waals surface area contributed by atoms with E-state index in [2.05, 4.69) is 25.4 Å². The van der Waals surface area contributed by atoms with Gasteiger partial charge in [0.15, 0.2) is 0 Å². The fraction of sp³-hybridized carbons (Fsp3) is 0.250. The quantitative estimate of drug-likeness (QED) is 0.753. The highest BCUT2D eigenvalue weighted by Crippen LogP contribution is 2.14. The first-order valence-corrected chi connectivity index (χ1v) is 7.62. The second-order valence-corrected chi connectivity index (χ2v) is 5.50. The van der Waals surface area contributed by atoms with Gasteiger partial charge in [0.05, 0.1) is 23.8 Å². The zero-order valence-corrected chi connectivity index (χ0v) is 14.1. The highest BCUT2D eigenvalue weighted by atomic mass is 16.2. The molecule has 9 nitrogen and oxygen atoms in total. The summed E-state index contributed by atoms with van der Waals surface area (Å²) in [6.45, 7) is 5.57. The molecule has 0 atom stereocenters. The fourth-order valence-corrected chi connectivity index (χ4v) is 2.42. The third-order valence-electron chi connectivity index (χ3n) is 3.71. The number of amides is 1. The summed E-state index contributed by atoms with van der Waals surface area (Å²) in [4.78, 5) is 36.5. The smallest absolute Gasteiger partial charge is 0.267 e. The molecule has 3 aromatic heterocycles. The van der Waals surface area contributed by atoms with Crippen LogP contribution in [0.25, 0.3) is 5.95 Å². The van der Waals surface area contributed by atoms with E-state index in [-0.39, 0.29) is 18.0 Å². The summed E-state index contributed by atoms with van der Waals surface area (Å²) >= 11 is 0. The van der Waals surface area contributed by atoms with Crippen LogP contribution < -0.4 is 10.9 Å². The maximum absolute atomic E-state index is 12.0. The molecule has 0 bridgehead atoms. The molecule has 9 heteroatoms. The second-order valence-electron chi connectivity index (χ2n) is 5.50. The SMILES string of the molecule is Cc1nc(C)n(-c2ncc(NC(=O)Cn3ncccc3=O)cn2)c1C. The number of rotatable bonds is 4. The Bertz CT molecular complexity index is 973. The average molecular weight is 339 g/mol. The maximum atomic E-state index is 12.0. The van der Waals surface area contributed by atoms with Gasteiger partial charge in [-0.25, -0.2) is 19.6 Å². The summed E-state index contributed by atoms with van der Waals surface area (Å²) < 4.78 is 2.92. The minimum Gasteiger partial charge on any atom is -0.322 e. The van der Waals surface area contributed by atoms with Gasteiger partial charge in [0.2, 0.25) is 11.9 Å². The normalized spacial score (nSPS) is 10.7. The van der Waals surface area contributed by atoms with Crippen LogP contribution in [0, 0.1) is 20.8 Å². The molecule has 25 heavy (non-hydrogen) atoms. The number of nitrogens with one attached hydrogen (secondary N) is 1. The molecule has 0 unspecified atom stereocenters. The zero-order valence-electron chi connectivity index (χ0n) is 14.1. The highest BCUT2D eigenvalue weighted by Gasteiger charge is 2.12. The van der Waals surface area contributed by atoms with Gasteiger partial charge in [0.1, 0.15) is 12.4 Å². The summed E-state index contributed by atoms with van der Waals surface area (Å²) in [5, 5.41) is 6.48. The van der Waals surface area contributed by atoms with Gasteiger partial charge >= 0.3 is 0 Å². The van der Waals surface area contributed by atoms with Crippen molar-refractivity contribution in [3.05, 3.63) is 58.3 Å². The van der Waals surface area contributed by atoms with E-state index in [1.165, 1.54) is 30.7 Å². The topological polar surface area (TPSA) is 108 Å². The third-order valence-corrected chi connectivity index (χ3v) is 3.71. The molecule has 0 saturated carbocycles. The van der Waals surface area contributed by atoms with E-state index < -0.39 is 0 Å². The lowest BCUT2D eigenvalue weighted by Gasteiger charge is -2.08. The molecule has 0 aliphatic carbocycles. The molecular formula is C16H17N7O2. The van der Waals surface area contributed by atoms with Crippen LogP contribution in [-0.4, -0.2) is 35.2 Å². The van der Waals surface area contributed by atoms with E-state index in [1.54, 1.807) is 0 Å². The maximum Gasteiger partial charge on any atom is 0.267 e. The molecule has 1 N–H and O–H groups in total. The minimum atomic E-state index is -0.386. The van der Waals surface area contributed by atoms with Crippen molar-refractivity contribution >= 4 is 11.6 Å². The number of imidazole rings is 1. The van der Waals surface area contributed by atoms with Gasteiger partial charge in [-0.05, 0) is 26.8 Å². The lowest BCUT2D eigenvalue weighted by atomic mass is 10.4. The molecule has 0 aliphatic heterocycles. The average Bonchev–Trinajstić information content (AvgIpc) is 2.83. The predicted octanol–water partition coefficient (Wildman–Crippen LogP) is 0.783. The lowest BCUT2D eigenvalue weighted by Crippen LogP contribution is -2.28. The monoisotopic (exact) mass is 339 g/mol. The molecule has 0 fully saturated rings. The number of hydrogen-bond donors (Lipinski definition) is 1. The Kier molecular flexibility index (Phi) is 4.38. The van der Waals surface area contributed by atoms with Crippen LogP contribution in [0.4, 0.5) is 5.69 Å². The van der Waals surface area contributed by atoms with Gasteiger partial charge in [-0.3, -0.25) is 14.2 Å². The Labute approximate surface area is 143 Å². The number of aromatic nitrogens is 6. The number of anilines is 1. The second kappa shape index (κ2) is 6.63. The van der Waals surface area contributed by atoms with Crippen LogP contribution in [0.5, 0.6) is 0 Å². The Hall–Kier alpha value is -3.36. The first-order chi connectivity index (χ1) is 12.0. The van der Waals surface area contributed by atoms with Gasteiger partial charge < -0.3 is 5.32 Å². The lowest BCUT2D eigenvalue weighted by molar-refractivity contribution is -0.117. The van der Waals surface area contributed by atoms with Crippen LogP contribution in [0.2, 0.25) is 0 Å². The first kappa shape index (κ1) is 16.5.